The van der Waals surface area contributed by atoms with Crippen molar-refractivity contribution in [3.8, 4) is 17.1 Å². The molecule has 1 aromatic carbocycles. The van der Waals surface area contributed by atoms with E-state index in [-0.39, 0.29) is 5.69 Å². The predicted molar refractivity (Wildman–Crippen MR) is 75.5 cm³/mol. The first-order chi connectivity index (χ1) is 10.1. The fourth-order valence-electron chi connectivity index (χ4n) is 2.19. The highest BCUT2D eigenvalue weighted by Gasteiger charge is 2.24. The van der Waals surface area contributed by atoms with E-state index in [2.05, 4.69) is 10.3 Å². The van der Waals surface area contributed by atoms with Crippen LogP contribution in [0.15, 0.2) is 41.0 Å². The van der Waals surface area contributed by atoms with Crippen LogP contribution in [-0.2, 0) is 0 Å². The number of benzene rings is 1. The maximum Gasteiger partial charge on any atom is 0.358 e. The molecule has 0 atom stereocenters. The van der Waals surface area contributed by atoms with Gasteiger partial charge in [0.05, 0.1) is 12.0 Å². The summed E-state index contributed by atoms with van der Waals surface area (Å²) in [5.41, 5.74) is 3.07. The van der Waals surface area contributed by atoms with Gasteiger partial charge >= 0.3 is 5.97 Å². The Balaban J connectivity index is 2.29. The molecule has 0 saturated carbocycles. The van der Waals surface area contributed by atoms with Crippen molar-refractivity contribution < 1.29 is 14.3 Å². The smallest absolute Gasteiger partial charge is 0.358 e. The summed E-state index contributed by atoms with van der Waals surface area (Å²) in [4.78, 5) is 11.4. The summed E-state index contributed by atoms with van der Waals surface area (Å²) in [5, 5.41) is 17.1. The van der Waals surface area contributed by atoms with Crippen LogP contribution >= 0.6 is 0 Å². The van der Waals surface area contributed by atoms with Gasteiger partial charge in [0.2, 0.25) is 5.69 Å². The molecule has 3 aromatic rings. The summed E-state index contributed by atoms with van der Waals surface area (Å²) in [6.45, 7) is 3.94. The van der Waals surface area contributed by atoms with E-state index in [0.717, 1.165) is 16.8 Å². The molecular formula is C15H13N3O3. The Morgan fingerprint density at radius 1 is 1.24 bits per heavy atom. The van der Waals surface area contributed by atoms with E-state index in [1.165, 1.54) is 10.9 Å². The Hall–Kier alpha value is -2.89. The molecule has 0 radical (unpaired) electrons. The highest BCUT2D eigenvalue weighted by atomic mass is 16.4. The van der Waals surface area contributed by atoms with Crippen molar-refractivity contribution in [3.63, 3.8) is 0 Å². The van der Waals surface area contributed by atoms with Crippen LogP contribution in [-0.4, -0.2) is 26.1 Å². The van der Waals surface area contributed by atoms with Gasteiger partial charge in [-0.1, -0.05) is 17.3 Å². The third-order valence-corrected chi connectivity index (χ3v) is 3.43. The summed E-state index contributed by atoms with van der Waals surface area (Å²) < 4.78 is 6.84. The number of aromatic carboxylic acids is 1. The summed E-state index contributed by atoms with van der Waals surface area (Å²) in [7, 11) is 0. The zero-order valence-electron chi connectivity index (χ0n) is 11.6. The lowest BCUT2D eigenvalue weighted by molar-refractivity contribution is 0.0691. The zero-order chi connectivity index (χ0) is 15.0. The Bertz CT molecular complexity index is 804. The second-order valence-corrected chi connectivity index (χ2v) is 4.70. The summed E-state index contributed by atoms with van der Waals surface area (Å²) in [5.74, 6) is -0.726. The summed E-state index contributed by atoms with van der Waals surface area (Å²) in [6, 6.07) is 9.13. The molecule has 0 fully saturated rings. The first-order valence-electron chi connectivity index (χ1n) is 6.39. The topological polar surface area (TPSA) is 81.2 Å². The van der Waals surface area contributed by atoms with E-state index < -0.39 is 5.97 Å². The van der Waals surface area contributed by atoms with Crippen LogP contribution in [0.3, 0.4) is 0 Å². The molecule has 0 aliphatic rings. The lowest BCUT2D eigenvalue weighted by Gasteiger charge is -2.10. The summed E-state index contributed by atoms with van der Waals surface area (Å²) in [6.07, 6.45) is 1.49. The highest BCUT2D eigenvalue weighted by molar-refractivity contribution is 5.92. The standard InChI is InChI=1S/C15H13N3O3/c1-9-5-3-6-11(10(9)2)18-14(12-7-4-8-21-12)13(15(19)20)16-17-18/h3-8H,1-2H3,(H,19,20). The molecule has 6 nitrogen and oxygen atoms in total. The van der Waals surface area contributed by atoms with Crippen molar-refractivity contribution in [2.24, 2.45) is 0 Å². The van der Waals surface area contributed by atoms with Gasteiger partial charge in [0.25, 0.3) is 0 Å². The van der Waals surface area contributed by atoms with E-state index in [0.29, 0.717) is 11.5 Å². The fraction of sp³-hybridized carbons (Fsp3) is 0.133. The van der Waals surface area contributed by atoms with Gasteiger partial charge in [0, 0.05) is 0 Å². The number of carboxylic acid groups (broad SMARTS) is 1. The van der Waals surface area contributed by atoms with E-state index in [4.69, 9.17) is 4.42 Å². The number of aromatic nitrogens is 3. The Morgan fingerprint density at radius 3 is 2.71 bits per heavy atom. The molecule has 0 saturated heterocycles. The Morgan fingerprint density at radius 2 is 2.05 bits per heavy atom. The van der Waals surface area contributed by atoms with Gasteiger partial charge in [0.1, 0.15) is 5.69 Å². The molecule has 3 rings (SSSR count). The van der Waals surface area contributed by atoms with Crippen molar-refractivity contribution >= 4 is 5.97 Å². The molecule has 2 aromatic heterocycles. The largest absolute Gasteiger partial charge is 0.476 e. The first kappa shape index (κ1) is 13.1. The number of furan rings is 1. The molecule has 0 unspecified atom stereocenters. The molecule has 0 spiro atoms. The number of carbonyl (C=O) groups is 1. The van der Waals surface area contributed by atoms with Crippen molar-refractivity contribution in [3.05, 3.63) is 53.4 Å². The molecular weight excluding hydrogens is 270 g/mol. The normalized spacial score (nSPS) is 10.8. The Labute approximate surface area is 120 Å². The van der Waals surface area contributed by atoms with E-state index in [9.17, 15) is 9.90 Å². The zero-order valence-corrected chi connectivity index (χ0v) is 11.6. The van der Waals surface area contributed by atoms with Gasteiger partial charge in [-0.15, -0.1) is 5.10 Å². The maximum atomic E-state index is 11.4. The van der Waals surface area contributed by atoms with Crippen LogP contribution in [0, 0.1) is 13.8 Å². The SMILES string of the molecule is Cc1cccc(-n2nnc(C(=O)O)c2-c2ccco2)c1C. The molecule has 0 aliphatic carbocycles. The minimum atomic E-state index is -1.14. The lowest BCUT2D eigenvalue weighted by Crippen LogP contribution is -2.04. The van der Waals surface area contributed by atoms with Crippen LogP contribution in [0.25, 0.3) is 17.1 Å². The van der Waals surface area contributed by atoms with E-state index >= 15 is 0 Å². The Kier molecular flexibility index (Phi) is 3.06. The number of nitrogens with zero attached hydrogens (tertiary/aromatic N) is 3. The highest BCUT2D eigenvalue weighted by Crippen LogP contribution is 2.27. The van der Waals surface area contributed by atoms with E-state index in [1.807, 2.05) is 32.0 Å². The van der Waals surface area contributed by atoms with Crippen LogP contribution in [0.2, 0.25) is 0 Å². The van der Waals surface area contributed by atoms with Gasteiger partial charge in [-0.2, -0.15) is 0 Å². The summed E-state index contributed by atoms with van der Waals surface area (Å²) >= 11 is 0. The monoisotopic (exact) mass is 283 g/mol. The molecule has 0 aliphatic heterocycles. The maximum absolute atomic E-state index is 11.4. The fourth-order valence-corrected chi connectivity index (χ4v) is 2.19. The molecule has 21 heavy (non-hydrogen) atoms. The first-order valence-corrected chi connectivity index (χ1v) is 6.39. The van der Waals surface area contributed by atoms with Crippen LogP contribution in [0.4, 0.5) is 0 Å². The number of hydrogen-bond donors (Lipinski definition) is 1. The molecule has 6 heteroatoms. The number of rotatable bonds is 3. The number of aryl methyl sites for hydroxylation is 1. The molecule has 0 bridgehead atoms. The lowest BCUT2D eigenvalue weighted by atomic mass is 10.1. The van der Waals surface area contributed by atoms with Gasteiger partial charge in [0.15, 0.2) is 5.76 Å². The van der Waals surface area contributed by atoms with Crippen molar-refractivity contribution in [1.29, 1.82) is 0 Å². The molecule has 2 heterocycles. The van der Waals surface area contributed by atoms with Crippen LogP contribution in [0.1, 0.15) is 21.6 Å². The van der Waals surface area contributed by atoms with Crippen molar-refractivity contribution in [2.45, 2.75) is 13.8 Å². The molecule has 106 valence electrons. The number of carboxylic acids is 1. The second-order valence-electron chi connectivity index (χ2n) is 4.70. The van der Waals surface area contributed by atoms with E-state index in [1.54, 1.807) is 12.1 Å². The van der Waals surface area contributed by atoms with Crippen molar-refractivity contribution in [2.75, 3.05) is 0 Å². The van der Waals surface area contributed by atoms with Crippen LogP contribution in [0.5, 0.6) is 0 Å². The second kappa shape index (κ2) is 4.90. The van der Waals surface area contributed by atoms with Gasteiger partial charge in [-0.05, 0) is 43.2 Å². The minimum Gasteiger partial charge on any atom is -0.476 e. The number of hydrogen-bond acceptors (Lipinski definition) is 4. The average Bonchev–Trinajstić information content (AvgIpc) is 3.09. The van der Waals surface area contributed by atoms with Crippen molar-refractivity contribution in [1.82, 2.24) is 15.0 Å². The van der Waals surface area contributed by atoms with Gasteiger partial charge in [-0.25, -0.2) is 9.48 Å². The van der Waals surface area contributed by atoms with Crippen LogP contribution < -0.4 is 0 Å². The molecule has 1 N–H and O–H groups in total. The third kappa shape index (κ3) is 2.10. The quantitative estimate of drug-likeness (QED) is 0.799. The molecule has 0 amide bonds. The third-order valence-electron chi connectivity index (χ3n) is 3.43. The predicted octanol–water partition coefficient (Wildman–Crippen LogP) is 2.84. The average molecular weight is 283 g/mol. The van der Waals surface area contributed by atoms with Gasteiger partial charge < -0.3 is 9.52 Å². The van der Waals surface area contributed by atoms with Gasteiger partial charge in [-0.3, -0.25) is 0 Å². The minimum absolute atomic E-state index is 0.133.